The van der Waals surface area contributed by atoms with Crippen molar-refractivity contribution in [1.29, 1.82) is 0 Å². The van der Waals surface area contributed by atoms with E-state index in [9.17, 15) is 9.90 Å². The normalized spacial score (nSPS) is 11.2. The van der Waals surface area contributed by atoms with Gasteiger partial charge in [-0.2, -0.15) is 0 Å². The molecule has 5 nitrogen and oxygen atoms in total. The third-order valence-electron chi connectivity index (χ3n) is 4.50. The summed E-state index contributed by atoms with van der Waals surface area (Å²) in [5.74, 6) is 0.789. The minimum atomic E-state index is 0.00935. The molecule has 0 atom stereocenters. The van der Waals surface area contributed by atoms with Gasteiger partial charge in [0.2, 0.25) is 5.91 Å². The molecular formula is C21H25N3O2. The molecule has 1 amide bonds. The van der Waals surface area contributed by atoms with Gasteiger partial charge in [0.05, 0.1) is 17.6 Å². The van der Waals surface area contributed by atoms with E-state index in [1.807, 2.05) is 77.9 Å². The van der Waals surface area contributed by atoms with Gasteiger partial charge < -0.3 is 14.6 Å². The van der Waals surface area contributed by atoms with Crippen molar-refractivity contribution in [2.45, 2.75) is 39.4 Å². The lowest BCUT2D eigenvalue weighted by Crippen LogP contribution is -2.38. The minimum Gasteiger partial charge on any atom is -0.396 e. The van der Waals surface area contributed by atoms with E-state index in [4.69, 9.17) is 0 Å². The Bertz CT molecular complexity index is 871. The highest BCUT2D eigenvalue weighted by Crippen LogP contribution is 2.18. The van der Waals surface area contributed by atoms with Gasteiger partial charge in [0.15, 0.2) is 0 Å². The van der Waals surface area contributed by atoms with Crippen LogP contribution in [-0.2, 0) is 24.3 Å². The molecule has 0 radical (unpaired) electrons. The molecule has 0 aliphatic heterocycles. The molecule has 3 rings (SSSR count). The zero-order valence-electron chi connectivity index (χ0n) is 15.3. The minimum absolute atomic E-state index is 0.00935. The van der Waals surface area contributed by atoms with Crippen LogP contribution in [0.25, 0.3) is 11.0 Å². The topological polar surface area (TPSA) is 58.4 Å². The molecule has 0 spiro atoms. The number of carbonyl (C=O) groups is 1. The van der Waals surface area contributed by atoms with Crippen molar-refractivity contribution in [2.24, 2.45) is 0 Å². The van der Waals surface area contributed by atoms with Gasteiger partial charge in [-0.1, -0.05) is 42.5 Å². The van der Waals surface area contributed by atoms with E-state index in [0.29, 0.717) is 13.0 Å². The van der Waals surface area contributed by atoms with Gasteiger partial charge in [-0.05, 0) is 31.5 Å². The van der Waals surface area contributed by atoms with Crippen molar-refractivity contribution in [1.82, 2.24) is 14.5 Å². The highest BCUT2D eigenvalue weighted by atomic mass is 16.3. The molecule has 5 heteroatoms. The highest BCUT2D eigenvalue weighted by Gasteiger charge is 2.20. The van der Waals surface area contributed by atoms with Crippen LogP contribution in [0.4, 0.5) is 0 Å². The molecule has 1 aromatic heterocycles. The van der Waals surface area contributed by atoms with Crippen LogP contribution in [0.2, 0.25) is 0 Å². The van der Waals surface area contributed by atoms with Crippen molar-refractivity contribution in [3.8, 4) is 0 Å². The second-order valence-corrected chi connectivity index (χ2v) is 6.68. The van der Waals surface area contributed by atoms with Crippen molar-refractivity contribution in [3.63, 3.8) is 0 Å². The summed E-state index contributed by atoms with van der Waals surface area (Å²) < 4.78 is 1.92. The molecule has 26 heavy (non-hydrogen) atoms. The van der Waals surface area contributed by atoms with Crippen LogP contribution < -0.4 is 0 Å². The number of hydrogen-bond donors (Lipinski definition) is 1. The van der Waals surface area contributed by atoms with E-state index in [-0.39, 0.29) is 25.1 Å². The standard InChI is InChI=1S/C21H25N3O2/c1-16(2)23(14-17-8-4-3-5-9-17)21(26)15-24-19-11-7-6-10-18(19)22-20(24)12-13-25/h3-11,16,25H,12-15H2,1-2H3. The van der Waals surface area contributed by atoms with Crippen molar-refractivity contribution >= 4 is 16.9 Å². The van der Waals surface area contributed by atoms with Gasteiger partial charge in [-0.3, -0.25) is 4.79 Å². The fourth-order valence-corrected chi connectivity index (χ4v) is 3.16. The smallest absolute Gasteiger partial charge is 0.243 e. The monoisotopic (exact) mass is 351 g/mol. The first-order valence-electron chi connectivity index (χ1n) is 8.98. The predicted octanol–water partition coefficient (Wildman–Crippen LogP) is 3.01. The first-order chi connectivity index (χ1) is 12.6. The third kappa shape index (κ3) is 3.94. The average molecular weight is 351 g/mol. The molecule has 1 N–H and O–H groups in total. The summed E-state index contributed by atoms with van der Waals surface area (Å²) in [7, 11) is 0. The van der Waals surface area contributed by atoms with Gasteiger partial charge in [0, 0.05) is 19.0 Å². The Hall–Kier alpha value is -2.66. The largest absolute Gasteiger partial charge is 0.396 e. The molecule has 0 fully saturated rings. The fourth-order valence-electron chi connectivity index (χ4n) is 3.16. The third-order valence-corrected chi connectivity index (χ3v) is 4.50. The first-order valence-corrected chi connectivity index (χ1v) is 8.98. The number of nitrogens with zero attached hydrogens (tertiary/aromatic N) is 3. The van der Waals surface area contributed by atoms with Gasteiger partial charge in [-0.25, -0.2) is 4.98 Å². The molecule has 0 saturated carbocycles. The van der Waals surface area contributed by atoms with Crippen molar-refractivity contribution in [3.05, 3.63) is 66.0 Å². The summed E-state index contributed by atoms with van der Waals surface area (Å²) in [5, 5.41) is 9.35. The quantitative estimate of drug-likeness (QED) is 0.712. The van der Waals surface area contributed by atoms with Crippen molar-refractivity contribution < 1.29 is 9.90 Å². The number of aliphatic hydroxyl groups excluding tert-OH is 1. The number of rotatable bonds is 7. The van der Waals surface area contributed by atoms with Crippen LogP contribution in [0.15, 0.2) is 54.6 Å². The average Bonchev–Trinajstić information content (AvgIpc) is 2.98. The Kier molecular flexibility index (Phi) is 5.68. The SMILES string of the molecule is CC(C)N(Cc1ccccc1)C(=O)Cn1c(CCO)nc2ccccc21. The molecule has 0 aliphatic carbocycles. The maximum absolute atomic E-state index is 13.1. The fraction of sp³-hybridized carbons (Fsp3) is 0.333. The number of amides is 1. The van der Waals surface area contributed by atoms with Gasteiger partial charge in [-0.15, -0.1) is 0 Å². The first kappa shape index (κ1) is 18.1. The van der Waals surface area contributed by atoms with E-state index in [1.165, 1.54) is 0 Å². The van der Waals surface area contributed by atoms with E-state index in [1.54, 1.807) is 0 Å². The highest BCUT2D eigenvalue weighted by molar-refractivity contribution is 5.81. The maximum atomic E-state index is 13.1. The predicted molar refractivity (Wildman–Crippen MR) is 103 cm³/mol. The second-order valence-electron chi connectivity index (χ2n) is 6.68. The lowest BCUT2D eigenvalue weighted by molar-refractivity contribution is -0.134. The second kappa shape index (κ2) is 8.15. The Balaban J connectivity index is 1.87. The molecule has 1 heterocycles. The van der Waals surface area contributed by atoms with Gasteiger partial charge >= 0.3 is 0 Å². The van der Waals surface area contributed by atoms with E-state index >= 15 is 0 Å². The zero-order chi connectivity index (χ0) is 18.5. The molecule has 0 unspecified atom stereocenters. The number of carbonyl (C=O) groups excluding carboxylic acids is 1. The number of fused-ring (bicyclic) bond motifs is 1. The Labute approximate surface area is 153 Å². The summed E-state index contributed by atoms with van der Waals surface area (Å²) in [6.45, 7) is 4.87. The molecule has 2 aromatic carbocycles. The lowest BCUT2D eigenvalue weighted by atomic mass is 10.2. The number of para-hydroxylation sites is 2. The number of benzene rings is 2. The van der Waals surface area contributed by atoms with Crippen LogP contribution in [0.3, 0.4) is 0 Å². The van der Waals surface area contributed by atoms with Crippen LogP contribution in [-0.4, -0.2) is 38.1 Å². The molecule has 136 valence electrons. The van der Waals surface area contributed by atoms with Gasteiger partial charge in [0.25, 0.3) is 0 Å². The Morgan fingerprint density at radius 3 is 2.50 bits per heavy atom. The number of imidazole rings is 1. The van der Waals surface area contributed by atoms with E-state index in [2.05, 4.69) is 4.98 Å². The van der Waals surface area contributed by atoms with Crippen LogP contribution >= 0.6 is 0 Å². The number of hydrogen-bond acceptors (Lipinski definition) is 3. The number of aromatic nitrogens is 2. The summed E-state index contributed by atoms with van der Waals surface area (Å²) in [4.78, 5) is 19.5. The zero-order valence-corrected chi connectivity index (χ0v) is 15.3. The molecule has 0 bridgehead atoms. The molecule has 0 saturated heterocycles. The van der Waals surface area contributed by atoms with Crippen molar-refractivity contribution in [2.75, 3.05) is 6.61 Å². The van der Waals surface area contributed by atoms with Crippen LogP contribution in [0.5, 0.6) is 0 Å². The van der Waals surface area contributed by atoms with E-state index in [0.717, 1.165) is 22.4 Å². The Morgan fingerprint density at radius 1 is 1.12 bits per heavy atom. The summed E-state index contributed by atoms with van der Waals surface area (Å²) in [6.07, 6.45) is 0.433. The van der Waals surface area contributed by atoms with Crippen LogP contribution in [0, 0.1) is 0 Å². The number of aliphatic hydroxyl groups is 1. The van der Waals surface area contributed by atoms with Gasteiger partial charge in [0.1, 0.15) is 12.4 Å². The maximum Gasteiger partial charge on any atom is 0.243 e. The van der Waals surface area contributed by atoms with Crippen LogP contribution in [0.1, 0.15) is 25.2 Å². The summed E-state index contributed by atoms with van der Waals surface area (Å²) in [6, 6.07) is 17.9. The Morgan fingerprint density at radius 2 is 1.81 bits per heavy atom. The van der Waals surface area contributed by atoms with E-state index < -0.39 is 0 Å². The molecule has 3 aromatic rings. The summed E-state index contributed by atoms with van der Waals surface area (Å²) in [5.41, 5.74) is 2.89. The lowest BCUT2D eigenvalue weighted by Gasteiger charge is -2.27. The summed E-state index contributed by atoms with van der Waals surface area (Å²) >= 11 is 0. The molecular weight excluding hydrogens is 326 g/mol. The molecule has 0 aliphatic rings.